The maximum Gasteiger partial charge on any atom is 0.305 e. The van der Waals surface area contributed by atoms with Gasteiger partial charge >= 0.3 is 10.1 Å². The lowest BCUT2D eigenvalue weighted by Crippen LogP contribution is -1.96. The quantitative estimate of drug-likeness (QED) is 0.249. The van der Waals surface area contributed by atoms with E-state index in [0.717, 1.165) is 6.26 Å². The van der Waals surface area contributed by atoms with Crippen molar-refractivity contribution in [2.45, 2.75) is 0 Å². The van der Waals surface area contributed by atoms with Crippen LogP contribution < -0.4 is 0 Å². The molecule has 0 radical (unpaired) electrons. The molecule has 0 fully saturated rings. The summed E-state index contributed by atoms with van der Waals surface area (Å²) in [5.41, 5.74) is 0. The van der Waals surface area contributed by atoms with Crippen LogP contribution in [0.1, 0.15) is 0 Å². The van der Waals surface area contributed by atoms with Crippen molar-refractivity contribution >= 4 is 10.1 Å². The summed E-state index contributed by atoms with van der Waals surface area (Å²) in [5, 5.41) is 9.53. The Labute approximate surface area is 57.4 Å². The molecule has 0 amide bonds. The fraction of sp³-hybridized carbons (Fsp3) is 0.333. The smallest absolute Gasteiger partial charge is 0.305 e. The molecular weight excluding hydrogens is 162 g/mol. The lowest BCUT2D eigenvalue weighted by atomic mass is 11.0. The van der Waals surface area contributed by atoms with E-state index >= 15 is 0 Å². The van der Waals surface area contributed by atoms with Crippen LogP contribution in [0.15, 0.2) is 12.5 Å². The highest BCUT2D eigenvalue weighted by Crippen LogP contribution is 1.86. The minimum Gasteiger partial charge on any atom is -0.384 e. The summed E-state index contributed by atoms with van der Waals surface area (Å²) in [5.74, 6) is 0. The van der Waals surface area contributed by atoms with Gasteiger partial charge in [0.2, 0.25) is 0 Å². The van der Waals surface area contributed by atoms with Crippen LogP contribution in [0.2, 0.25) is 0 Å². The van der Waals surface area contributed by atoms with Gasteiger partial charge in [-0.3, -0.25) is 10.1 Å². The minimum atomic E-state index is -3.61. The van der Waals surface area contributed by atoms with E-state index < -0.39 is 15.0 Å². The Morgan fingerprint density at radius 3 is 2.40 bits per heavy atom. The van der Waals surface area contributed by atoms with Crippen LogP contribution in [0.3, 0.4) is 0 Å². The van der Waals surface area contributed by atoms with Gasteiger partial charge in [-0.25, -0.2) is 0 Å². The Kier molecular flexibility index (Phi) is 2.81. The molecule has 0 atom stereocenters. The van der Waals surface area contributed by atoms with Gasteiger partial charge in [0.15, 0.2) is 6.26 Å². The molecule has 0 rings (SSSR count). The van der Waals surface area contributed by atoms with Crippen molar-refractivity contribution in [3.8, 4) is 0 Å². The van der Waals surface area contributed by atoms with Crippen LogP contribution >= 0.6 is 0 Å². The van der Waals surface area contributed by atoms with Gasteiger partial charge in [0, 0.05) is 0 Å². The van der Waals surface area contributed by atoms with E-state index in [4.69, 9.17) is 0 Å². The Morgan fingerprint density at radius 2 is 2.10 bits per heavy atom. The molecule has 0 bridgehead atoms. The Hall–Kier alpha value is -1.11. The molecule has 0 aromatic rings. The molecule has 7 heteroatoms. The first-order chi connectivity index (χ1) is 4.42. The summed E-state index contributed by atoms with van der Waals surface area (Å²) in [7, 11) is -3.61. The molecular formula is C3H5NO5S. The highest BCUT2D eigenvalue weighted by molar-refractivity contribution is 7.86. The van der Waals surface area contributed by atoms with Gasteiger partial charge in [-0.15, -0.1) is 0 Å². The number of rotatable bonds is 3. The lowest BCUT2D eigenvalue weighted by molar-refractivity contribution is -0.403. The van der Waals surface area contributed by atoms with Crippen LogP contribution in [0.4, 0.5) is 0 Å². The molecule has 0 heterocycles. The van der Waals surface area contributed by atoms with E-state index in [9.17, 15) is 18.5 Å². The van der Waals surface area contributed by atoms with Gasteiger partial charge in [0.05, 0.1) is 11.2 Å². The van der Waals surface area contributed by atoms with E-state index in [1.807, 2.05) is 0 Å². The van der Waals surface area contributed by atoms with Crippen molar-refractivity contribution in [2.75, 3.05) is 6.26 Å². The standard InChI is InChI=1S/C3H5NO5S/c1-10(7,8)9-3-2-4(5)6/h2-3H,1H3. The van der Waals surface area contributed by atoms with Crippen molar-refractivity contribution in [1.29, 1.82) is 0 Å². The number of nitrogens with zero attached hydrogens (tertiary/aromatic N) is 1. The molecule has 10 heavy (non-hydrogen) atoms. The molecule has 0 aliphatic rings. The number of hydrogen-bond acceptors (Lipinski definition) is 5. The molecule has 0 aliphatic carbocycles. The first kappa shape index (κ1) is 8.89. The van der Waals surface area contributed by atoms with Gasteiger partial charge in [-0.1, -0.05) is 0 Å². The van der Waals surface area contributed by atoms with Crippen LogP contribution in [0, 0.1) is 10.1 Å². The SMILES string of the molecule is CS(=O)(=O)OC=C[N+](=O)[O-]. The molecule has 0 aliphatic heterocycles. The first-order valence-electron chi connectivity index (χ1n) is 2.10. The number of hydrogen-bond donors (Lipinski definition) is 0. The van der Waals surface area contributed by atoms with Crippen molar-refractivity contribution < 1.29 is 17.5 Å². The second-order valence-corrected chi connectivity index (χ2v) is 2.97. The zero-order valence-corrected chi connectivity index (χ0v) is 5.87. The summed E-state index contributed by atoms with van der Waals surface area (Å²) in [6.07, 6.45) is 1.67. The van der Waals surface area contributed by atoms with Crippen LogP contribution in [-0.2, 0) is 14.3 Å². The van der Waals surface area contributed by atoms with Crippen molar-refractivity contribution in [3.05, 3.63) is 22.6 Å². The third kappa shape index (κ3) is 6.89. The van der Waals surface area contributed by atoms with Gasteiger partial charge in [0.25, 0.3) is 6.20 Å². The Balaban J connectivity index is 3.88. The highest BCUT2D eigenvalue weighted by atomic mass is 32.2. The summed E-state index contributed by atoms with van der Waals surface area (Å²) in [6, 6.07) is 0. The molecule has 0 N–H and O–H groups in total. The fourth-order valence-electron chi connectivity index (χ4n) is 0.175. The van der Waals surface area contributed by atoms with Crippen molar-refractivity contribution in [1.82, 2.24) is 0 Å². The monoisotopic (exact) mass is 167 g/mol. The van der Waals surface area contributed by atoms with Gasteiger partial charge < -0.3 is 4.18 Å². The van der Waals surface area contributed by atoms with Gasteiger partial charge in [0.1, 0.15) is 0 Å². The van der Waals surface area contributed by atoms with Crippen molar-refractivity contribution in [2.24, 2.45) is 0 Å². The summed E-state index contributed by atoms with van der Waals surface area (Å²) in [6.45, 7) is 0. The molecule has 0 saturated carbocycles. The predicted molar refractivity (Wildman–Crippen MR) is 32.1 cm³/mol. The van der Waals surface area contributed by atoms with E-state index in [0.29, 0.717) is 12.5 Å². The Bertz CT molecular complexity index is 240. The first-order valence-corrected chi connectivity index (χ1v) is 3.92. The molecule has 0 unspecified atom stereocenters. The fourth-order valence-corrected chi connectivity index (χ4v) is 0.427. The molecule has 0 aromatic heterocycles. The molecule has 0 spiro atoms. The summed E-state index contributed by atoms with van der Waals surface area (Å²) in [4.78, 5) is 8.70. The lowest BCUT2D eigenvalue weighted by Gasteiger charge is -1.89. The Morgan fingerprint density at radius 1 is 1.60 bits per heavy atom. The summed E-state index contributed by atoms with van der Waals surface area (Å²) >= 11 is 0. The van der Waals surface area contributed by atoms with Gasteiger partial charge in [-0.2, -0.15) is 8.42 Å². The minimum absolute atomic E-state index is 0.390. The van der Waals surface area contributed by atoms with Gasteiger partial charge in [-0.05, 0) is 0 Å². The van der Waals surface area contributed by atoms with Crippen LogP contribution in [0.25, 0.3) is 0 Å². The third-order valence-corrected chi connectivity index (χ3v) is 0.874. The normalized spacial score (nSPS) is 11.7. The molecule has 6 nitrogen and oxygen atoms in total. The van der Waals surface area contributed by atoms with E-state index in [1.165, 1.54) is 0 Å². The van der Waals surface area contributed by atoms with Crippen LogP contribution in [-0.4, -0.2) is 19.6 Å². The van der Waals surface area contributed by atoms with Crippen molar-refractivity contribution in [3.63, 3.8) is 0 Å². The second-order valence-electron chi connectivity index (χ2n) is 1.37. The maximum absolute atomic E-state index is 10.1. The predicted octanol–water partition coefficient (Wildman–Crippen LogP) is -0.289. The van der Waals surface area contributed by atoms with E-state index in [2.05, 4.69) is 4.18 Å². The van der Waals surface area contributed by atoms with Crippen LogP contribution in [0.5, 0.6) is 0 Å². The zero-order valence-electron chi connectivity index (χ0n) is 5.05. The average molecular weight is 167 g/mol. The summed E-state index contributed by atoms with van der Waals surface area (Å²) < 4.78 is 24.1. The average Bonchev–Trinajstić information content (AvgIpc) is 1.59. The molecule has 0 aromatic carbocycles. The highest BCUT2D eigenvalue weighted by Gasteiger charge is 1.96. The molecule has 0 saturated heterocycles. The van der Waals surface area contributed by atoms with E-state index in [-0.39, 0.29) is 0 Å². The zero-order chi connectivity index (χ0) is 8.20. The largest absolute Gasteiger partial charge is 0.384 e. The molecule has 58 valence electrons. The second kappa shape index (κ2) is 3.16. The van der Waals surface area contributed by atoms with E-state index in [1.54, 1.807) is 0 Å². The topological polar surface area (TPSA) is 86.5 Å². The maximum atomic E-state index is 10.1. The number of nitro groups is 1. The third-order valence-electron chi connectivity index (χ3n) is 0.413.